The third-order valence-electron chi connectivity index (χ3n) is 3.48. The summed E-state index contributed by atoms with van der Waals surface area (Å²) in [5, 5.41) is 6.85. The van der Waals surface area contributed by atoms with E-state index in [9.17, 15) is 0 Å². The van der Waals surface area contributed by atoms with Crippen LogP contribution in [-0.2, 0) is 0 Å². The Balaban J connectivity index is 1.94. The van der Waals surface area contributed by atoms with Gasteiger partial charge in [0.2, 0.25) is 0 Å². The molecule has 1 unspecified atom stereocenters. The van der Waals surface area contributed by atoms with E-state index in [1.54, 1.807) is 6.33 Å². The normalized spacial score (nSPS) is 19.2. The molecule has 0 radical (unpaired) electrons. The monoisotopic (exact) mass is 249 g/mol. The molecule has 0 amide bonds. The van der Waals surface area contributed by atoms with Gasteiger partial charge in [-0.2, -0.15) is 0 Å². The van der Waals surface area contributed by atoms with Crippen molar-refractivity contribution in [2.75, 3.05) is 30.4 Å². The first-order chi connectivity index (χ1) is 8.66. The fourth-order valence-corrected chi connectivity index (χ4v) is 2.06. The lowest BCUT2D eigenvalue weighted by atomic mass is 10.2. The van der Waals surface area contributed by atoms with Crippen molar-refractivity contribution in [3.05, 3.63) is 12.4 Å². The number of anilines is 2. The van der Waals surface area contributed by atoms with Crippen LogP contribution in [0.1, 0.15) is 26.7 Å². The van der Waals surface area contributed by atoms with E-state index in [4.69, 9.17) is 0 Å². The average molecular weight is 249 g/mol. The molecule has 0 saturated carbocycles. The van der Waals surface area contributed by atoms with Gasteiger partial charge in [0, 0.05) is 31.7 Å². The van der Waals surface area contributed by atoms with Crippen molar-refractivity contribution in [3.63, 3.8) is 0 Å². The van der Waals surface area contributed by atoms with Gasteiger partial charge in [0.05, 0.1) is 0 Å². The number of nitrogens with one attached hydrogen (secondary N) is 2. The van der Waals surface area contributed by atoms with Crippen LogP contribution in [0.25, 0.3) is 0 Å². The molecule has 1 atom stereocenters. The van der Waals surface area contributed by atoms with Crippen LogP contribution >= 0.6 is 0 Å². The van der Waals surface area contributed by atoms with Crippen molar-refractivity contribution in [3.8, 4) is 0 Å². The lowest BCUT2D eigenvalue weighted by molar-refractivity contribution is 0.632. The Morgan fingerprint density at radius 3 is 3.00 bits per heavy atom. The van der Waals surface area contributed by atoms with Gasteiger partial charge in [-0.3, -0.25) is 0 Å². The first kappa shape index (κ1) is 13.1. The highest BCUT2D eigenvalue weighted by Crippen LogP contribution is 2.15. The van der Waals surface area contributed by atoms with Gasteiger partial charge in [-0.05, 0) is 33.2 Å². The maximum absolute atomic E-state index is 4.30. The predicted octanol–water partition coefficient (Wildman–Crippen LogP) is 1.49. The number of hydrogen-bond acceptors (Lipinski definition) is 5. The van der Waals surface area contributed by atoms with Crippen molar-refractivity contribution in [2.45, 2.75) is 38.8 Å². The van der Waals surface area contributed by atoms with Gasteiger partial charge < -0.3 is 15.5 Å². The summed E-state index contributed by atoms with van der Waals surface area (Å²) < 4.78 is 0. The molecule has 1 saturated heterocycles. The van der Waals surface area contributed by atoms with Gasteiger partial charge in [-0.1, -0.05) is 0 Å². The number of nitrogens with zero attached hydrogens (tertiary/aromatic N) is 3. The minimum absolute atomic E-state index is 0.434. The number of hydrogen-bond donors (Lipinski definition) is 2. The molecule has 2 rings (SSSR count). The summed E-state index contributed by atoms with van der Waals surface area (Å²) in [6, 6.07) is 3.02. The molecule has 0 aliphatic carbocycles. The summed E-state index contributed by atoms with van der Waals surface area (Å²) in [6.45, 7) is 6.37. The third-order valence-corrected chi connectivity index (χ3v) is 3.48. The van der Waals surface area contributed by atoms with E-state index in [1.165, 1.54) is 12.8 Å². The van der Waals surface area contributed by atoms with Crippen LogP contribution in [0.2, 0.25) is 0 Å². The fraction of sp³-hybridized carbons (Fsp3) is 0.692. The van der Waals surface area contributed by atoms with Gasteiger partial charge in [0.15, 0.2) is 0 Å². The van der Waals surface area contributed by atoms with E-state index in [-0.39, 0.29) is 0 Å². The molecule has 1 aromatic rings. The van der Waals surface area contributed by atoms with Crippen LogP contribution in [0.3, 0.4) is 0 Å². The number of rotatable bonds is 5. The molecule has 0 bridgehead atoms. The van der Waals surface area contributed by atoms with Crippen molar-refractivity contribution in [2.24, 2.45) is 0 Å². The smallest absolute Gasteiger partial charge is 0.134 e. The molecular formula is C13H23N5. The van der Waals surface area contributed by atoms with Crippen molar-refractivity contribution < 1.29 is 0 Å². The second-order valence-electron chi connectivity index (χ2n) is 5.14. The molecule has 1 aliphatic rings. The summed E-state index contributed by atoms with van der Waals surface area (Å²) in [4.78, 5) is 10.7. The molecule has 5 nitrogen and oxygen atoms in total. The predicted molar refractivity (Wildman–Crippen MR) is 75.1 cm³/mol. The van der Waals surface area contributed by atoms with Crippen molar-refractivity contribution >= 4 is 11.6 Å². The number of aromatic nitrogens is 2. The van der Waals surface area contributed by atoms with Crippen LogP contribution in [0.5, 0.6) is 0 Å². The SMILES string of the molecule is CC(C)N(C)c1cc(NCC2CCCN2)ncn1. The van der Waals surface area contributed by atoms with Crippen LogP contribution in [0, 0.1) is 0 Å². The van der Waals surface area contributed by atoms with Gasteiger partial charge >= 0.3 is 0 Å². The minimum Gasteiger partial charge on any atom is -0.368 e. The van der Waals surface area contributed by atoms with Crippen LogP contribution in [-0.4, -0.2) is 42.2 Å². The van der Waals surface area contributed by atoms with Gasteiger partial charge in [-0.15, -0.1) is 0 Å². The standard InChI is InChI=1S/C13H23N5/c1-10(2)18(3)13-7-12(16-9-17-13)15-8-11-5-4-6-14-11/h7,9-11,14H,4-6,8H2,1-3H3,(H,15,16,17). The lowest BCUT2D eigenvalue weighted by Gasteiger charge is -2.22. The van der Waals surface area contributed by atoms with Gasteiger partial charge in [0.25, 0.3) is 0 Å². The molecule has 1 fully saturated rings. The summed E-state index contributed by atoms with van der Waals surface area (Å²) in [7, 11) is 2.05. The highest BCUT2D eigenvalue weighted by molar-refractivity contribution is 5.48. The molecule has 18 heavy (non-hydrogen) atoms. The lowest BCUT2D eigenvalue weighted by Crippen LogP contribution is -2.30. The Morgan fingerprint density at radius 2 is 2.33 bits per heavy atom. The average Bonchev–Trinajstić information content (AvgIpc) is 2.89. The molecule has 1 aromatic heterocycles. The zero-order valence-corrected chi connectivity index (χ0v) is 11.5. The molecular weight excluding hydrogens is 226 g/mol. The second-order valence-corrected chi connectivity index (χ2v) is 5.14. The summed E-state index contributed by atoms with van der Waals surface area (Å²) in [6.07, 6.45) is 4.15. The van der Waals surface area contributed by atoms with E-state index in [1.807, 2.05) is 6.07 Å². The maximum Gasteiger partial charge on any atom is 0.134 e. The molecule has 100 valence electrons. The molecule has 0 aromatic carbocycles. The van der Waals surface area contributed by atoms with Crippen LogP contribution in [0.4, 0.5) is 11.6 Å². The van der Waals surface area contributed by atoms with Gasteiger partial charge in [-0.25, -0.2) is 9.97 Å². The third kappa shape index (κ3) is 3.32. The molecule has 2 heterocycles. The zero-order chi connectivity index (χ0) is 13.0. The molecule has 5 heteroatoms. The van der Waals surface area contributed by atoms with E-state index >= 15 is 0 Å². The Bertz CT molecular complexity index is 373. The highest BCUT2D eigenvalue weighted by Gasteiger charge is 2.14. The van der Waals surface area contributed by atoms with Crippen molar-refractivity contribution in [1.82, 2.24) is 15.3 Å². The largest absolute Gasteiger partial charge is 0.368 e. The maximum atomic E-state index is 4.30. The fourth-order valence-electron chi connectivity index (χ4n) is 2.06. The molecule has 2 N–H and O–H groups in total. The highest BCUT2D eigenvalue weighted by atomic mass is 15.2. The summed E-state index contributed by atoms with van der Waals surface area (Å²) in [5.74, 6) is 1.86. The first-order valence-corrected chi connectivity index (χ1v) is 6.69. The topological polar surface area (TPSA) is 53.1 Å². The Morgan fingerprint density at radius 1 is 1.50 bits per heavy atom. The molecule has 1 aliphatic heterocycles. The van der Waals surface area contributed by atoms with E-state index in [0.29, 0.717) is 12.1 Å². The zero-order valence-electron chi connectivity index (χ0n) is 11.5. The Kier molecular flexibility index (Phi) is 4.36. The van der Waals surface area contributed by atoms with E-state index < -0.39 is 0 Å². The Hall–Kier alpha value is -1.36. The minimum atomic E-state index is 0.434. The van der Waals surface area contributed by atoms with Crippen LogP contribution in [0.15, 0.2) is 12.4 Å². The summed E-state index contributed by atoms with van der Waals surface area (Å²) >= 11 is 0. The summed E-state index contributed by atoms with van der Waals surface area (Å²) in [5.41, 5.74) is 0. The van der Waals surface area contributed by atoms with Crippen LogP contribution < -0.4 is 15.5 Å². The second kappa shape index (κ2) is 6.00. The first-order valence-electron chi connectivity index (χ1n) is 6.69. The quantitative estimate of drug-likeness (QED) is 0.828. The van der Waals surface area contributed by atoms with Gasteiger partial charge in [0.1, 0.15) is 18.0 Å². The Labute approximate surface area is 109 Å². The van der Waals surface area contributed by atoms with E-state index in [0.717, 1.165) is 24.7 Å². The van der Waals surface area contributed by atoms with Crippen molar-refractivity contribution in [1.29, 1.82) is 0 Å². The van der Waals surface area contributed by atoms with E-state index in [2.05, 4.69) is 46.4 Å². The molecule has 0 spiro atoms.